The molecule has 2 aromatic heterocycles. The number of halogens is 1. The van der Waals surface area contributed by atoms with E-state index in [1.807, 2.05) is 17.2 Å². The van der Waals surface area contributed by atoms with Crippen molar-refractivity contribution in [2.45, 2.75) is 25.3 Å². The van der Waals surface area contributed by atoms with Crippen LogP contribution in [0.5, 0.6) is 0 Å². The molecule has 0 saturated carbocycles. The smallest absolute Gasteiger partial charge is 0.264 e. The summed E-state index contributed by atoms with van der Waals surface area (Å²) < 4.78 is 1.07. The number of amides is 1. The third kappa shape index (κ3) is 2.93. The van der Waals surface area contributed by atoms with Crippen LogP contribution in [0, 0.1) is 0 Å². The van der Waals surface area contributed by atoms with Crippen LogP contribution < -0.4 is 10.2 Å². The Hall–Kier alpha value is -2.15. The molecule has 0 radical (unpaired) electrons. The van der Waals surface area contributed by atoms with Crippen LogP contribution in [0.2, 0.25) is 5.02 Å². The largest absolute Gasteiger partial charge is 0.365 e. The van der Waals surface area contributed by atoms with Gasteiger partial charge in [0, 0.05) is 60.8 Å². The lowest BCUT2D eigenvalue weighted by Crippen LogP contribution is -2.58. The zero-order chi connectivity index (χ0) is 20.2. The van der Waals surface area contributed by atoms with Gasteiger partial charge in [-0.05, 0) is 49.1 Å². The van der Waals surface area contributed by atoms with Crippen LogP contribution in [0.25, 0.3) is 21.3 Å². The molecule has 0 unspecified atom stereocenters. The first-order chi connectivity index (χ1) is 14.7. The fraction of sp³-hybridized carbons (Fsp3) is 0.391. The van der Waals surface area contributed by atoms with Gasteiger partial charge >= 0.3 is 0 Å². The summed E-state index contributed by atoms with van der Waals surface area (Å²) in [4.78, 5) is 22.6. The van der Waals surface area contributed by atoms with Crippen molar-refractivity contribution < 1.29 is 4.79 Å². The molecule has 7 heteroatoms. The van der Waals surface area contributed by atoms with E-state index in [9.17, 15) is 4.79 Å². The van der Waals surface area contributed by atoms with E-state index in [4.69, 9.17) is 11.6 Å². The third-order valence-electron chi connectivity index (χ3n) is 6.54. The number of hydrogen-bond donors (Lipinski definition) is 1. The Morgan fingerprint density at radius 2 is 2.00 bits per heavy atom. The van der Waals surface area contributed by atoms with Crippen LogP contribution in [0.15, 0.2) is 30.5 Å². The van der Waals surface area contributed by atoms with Crippen molar-refractivity contribution in [1.82, 2.24) is 15.2 Å². The highest BCUT2D eigenvalue weighted by molar-refractivity contribution is 7.21. The summed E-state index contributed by atoms with van der Waals surface area (Å²) in [5, 5.41) is 4.18. The Morgan fingerprint density at radius 1 is 1.13 bits per heavy atom. The van der Waals surface area contributed by atoms with Crippen molar-refractivity contribution in [3.63, 3.8) is 0 Å². The quantitative estimate of drug-likeness (QED) is 0.666. The van der Waals surface area contributed by atoms with Crippen LogP contribution in [0.3, 0.4) is 0 Å². The lowest BCUT2D eigenvalue weighted by Gasteiger charge is -2.44. The van der Waals surface area contributed by atoms with Gasteiger partial charge < -0.3 is 15.1 Å². The number of nitrogens with one attached hydrogen (secondary N) is 1. The molecule has 3 aromatic rings. The summed E-state index contributed by atoms with van der Waals surface area (Å²) in [6.45, 7) is 4.85. The maximum absolute atomic E-state index is 12.8. The maximum atomic E-state index is 12.8. The lowest BCUT2D eigenvalue weighted by atomic mass is 9.92. The molecule has 30 heavy (non-hydrogen) atoms. The highest BCUT2D eigenvalue weighted by atomic mass is 35.5. The Labute approximate surface area is 184 Å². The number of pyridine rings is 1. The molecule has 0 aliphatic carbocycles. The number of aromatic nitrogens is 1. The molecule has 3 aliphatic rings. The Morgan fingerprint density at radius 3 is 2.73 bits per heavy atom. The average molecular weight is 439 g/mol. The molecule has 2 saturated heterocycles. The minimum atomic E-state index is 0.130. The van der Waals surface area contributed by atoms with Gasteiger partial charge in [0.1, 0.15) is 0 Å². The predicted octanol–water partition coefficient (Wildman–Crippen LogP) is 4.19. The first kappa shape index (κ1) is 18.6. The molecule has 0 bridgehead atoms. The normalized spacial score (nSPS) is 18.8. The molecular formula is C23H23ClN4OS. The molecule has 1 amide bonds. The third-order valence-corrected chi connectivity index (χ3v) is 7.91. The van der Waals surface area contributed by atoms with E-state index in [0.29, 0.717) is 6.04 Å². The van der Waals surface area contributed by atoms with E-state index in [1.165, 1.54) is 16.8 Å². The summed E-state index contributed by atoms with van der Waals surface area (Å²) in [5.41, 5.74) is 5.83. The molecule has 154 valence electrons. The fourth-order valence-corrected chi connectivity index (χ4v) is 6.08. The van der Waals surface area contributed by atoms with Gasteiger partial charge in [0.25, 0.3) is 5.91 Å². The van der Waals surface area contributed by atoms with Crippen molar-refractivity contribution in [2.24, 2.45) is 0 Å². The topological polar surface area (TPSA) is 48.5 Å². The molecule has 3 aliphatic heterocycles. The van der Waals surface area contributed by atoms with Crippen LogP contribution in [-0.2, 0) is 6.42 Å². The average Bonchev–Trinajstić information content (AvgIpc) is 3.09. The number of nitrogens with zero attached hydrogens (tertiary/aromatic N) is 3. The molecule has 0 spiro atoms. The van der Waals surface area contributed by atoms with Gasteiger partial charge in [0.05, 0.1) is 21.1 Å². The zero-order valence-corrected chi connectivity index (χ0v) is 18.2. The van der Waals surface area contributed by atoms with E-state index >= 15 is 0 Å². The van der Waals surface area contributed by atoms with Gasteiger partial charge in [-0.25, -0.2) is 0 Å². The number of likely N-dealkylation sites (tertiary alicyclic amines) is 1. The number of carbonyl (C=O) groups excluding carboxylic acids is 1. The van der Waals surface area contributed by atoms with Crippen LogP contribution in [0.4, 0.5) is 5.69 Å². The van der Waals surface area contributed by atoms with Crippen LogP contribution in [0.1, 0.15) is 28.1 Å². The standard InChI is InChI=1S/C23H23ClN4OS/c24-15-9-14-3-1-8-28(16-12-25-13-16)21(14)18(10-15)17-4-5-26-19-11-20(30-22(17)19)23(29)27-6-2-7-27/h4-5,9-11,16,25H,1-3,6-8,12-13H2. The van der Waals surface area contributed by atoms with Gasteiger partial charge in [0.2, 0.25) is 0 Å². The van der Waals surface area contributed by atoms with E-state index in [2.05, 4.69) is 33.4 Å². The van der Waals surface area contributed by atoms with Crippen molar-refractivity contribution >= 4 is 44.7 Å². The summed E-state index contributed by atoms with van der Waals surface area (Å²) in [7, 11) is 0. The van der Waals surface area contributed by atoms with Gasteiger partial charge in [-0.15, -0.1) is 11.3 Å². The highest BCUT2D eigenvalue weighted by Gasteiger charge is 2.31. The second-order valence-corrected chi connectivity index (χ2v) is 9.89. The summed E-state index contributed by atoms with van der Waals surface area (Å²) >= 11 is 8.14. The molecule has 6 rings (SSSR count). The number of fused-ring (bicyclic) bond motifs is 2. The van der Waals surface area contributed by atoms with Crippen molar-refractivity contribution in [1.29, 1.82) is 0 Å². The number of rotatable bonds is 3. The molecular weight excluding hydrogens is 416 g/mol. The molecule has 2 fully saturated rings. The van der Waals surface area contributed by atoms with Crippen molar-refractivity contribution in [3.8, 4) is 11.1 Å². The minimum absolute atomic E-state index is 0.130. The number of anilines is 1. The number of benzene rings is 1. The number of carbonyl (C=O) groups is 1. The van der Waals surface area contributed by atoms with E-state index in [0.717, 1.165) is 77.7 Å². The predicted molar refractivity (Wildman–Crippen MR) is 123 cm³/mol. The van der Waals surface area contributed by atoms with Gasteiger partial charge in [-0.2, -0.15) is 0 Å². The first-order valence-electron chi connectivity index (χ1n) is 10.7. The van der Waals surface area contributed by atoms with Crippen LogP contribution in [-0.4, -0.2) is 54.6 Å². The van der Waals surface area contributed by atoms with Crippen LogP contribution >= 0.6 is 22.9 Å². The monoisotopic (exact) mass is 438 g/mol. The number of aryl methyl sites for hydroxylation is 1. The van der Waals surface area contributed by atoms with E-state index in [-0.39, 0.29) is 5.91 Å². The Balaban J connectivity index is 1.51. The minimum Gasteiger partial charge on any atom is -0.365 e. The van der Waals surface area contributed by atoms with Gasteiger partial charge in [0.15, 0.2) is 0 Å². The first-order valence-corrected chi connectivity index (χ1v) is 11.9. The number of hydrogen-bond acceptors (Lipinski definition) is 5. The van der Waals surface area contributed by atoms with Crippen molar-refractivity contribution in [3.05, 3.63) is 45.9 Å². The lowest BCUT2D eigenvalue weighted by molar-refractivity contribution is 0.0657. The molecule has 1 N–H and O–H groups in total. The molecule has 0 atom stereocenters. The second-order valence-electron chi connectivity index (χ2n) is 8.40. The molecule has 1 aromatic carbocycles. The number of thiophene rings is 1. The van der Waals surface area contributed by atoms with Gasteiger partial charge in [-0.1, -0.05) is 11.6 Å². The summed E-state index contributed by atoms with van der Waals surface area (Å²) in [6.07, 6.45) is 5.16. The van der Waals surface area contributed by atoms with Gasteiger partial charge in [-0.3, -0.25) is 9.78 Å². The summed E-state index contributed by atoms with van der Waals surface area (Å²) in [5.74, 6) is 0.130. The zero-order valence-electron chi connectivity index (χ0n) is 16.7. The summed E-state index contributed by atoms with van der Waals surface area (Å²) in [6, 6.07) is 8.79. The van der Waals surface area contributed by atoms with E-state index < -0.39 is 0 Å². The highest BCUT2D eigenvalue weighted by Crippen LogP contribution is 2.44. The SMILES string of the molecule is O=C(c1cc2nccc(-c3cc(Cl)cc4c3N(C3CNC3)CCC4)c2s1)N1CCC1. The maximum Gasteiger partial charge on any atom is 0.264 e. The molecule has 5 nitrogen and oxygen atoms in total. The van der Waals surface area contributed by atoms with Crippen molar-refractivity contribution in [2.75, 3.05) is 37.6 Å². The Kier molecular flexibility index (Phi) is 4.48. The van der Waals surface area contributed by atoms with E-state index in [1.54, 1.807) is 11.3 Å². The Bertz CT molecular complexity index is 1150. The fourth-order valence-electron chi connectivity index (χ4n) is 4.73. The second kappa shape index (κ2) is 7.22. The molecule has 5 heterocycles.